The zero-order valence-corrected chi connectivity index (χ0v) is 19.1. The number of benzene rings is 1. The average molecular weight is 465 g/mol. The summed E-state index contributed by atoms with van der Waals surface area (Å²) in [4.78, 5) is 40.7. The van der Waals surface area contributed by atoms with Gasteiger partial charge in [0.25, 0.3) is 5.91 Å². The van der Waals surface area contributed by atoms with E-state index in [0.29, 0.717) is 6.42 Å². The monoisotopic (exact) mass is 464 g/mol. The van der Waals surface area contributed by atoms with Crippen molar-refractivity contribution >= 4 is 23.7 Å². The molecule has 0 aliphatic heterocycles. The van der Waals surface area contributed by atoms with Gasteiger partial charge in [-0.1, -0.05) is 44.2 Å². The number of hydrogen-bond donors (Lipinski definition) is 7. The number of carboxylic acid groups (broad SMARTS) is 1. The van der Waals surface area contributed by atoms with Crippen LogP contribution in [0, 0.1) is 5.92 Å². The maximum absolute atomic E-state index is 12.8. The van der Waals surface area contributed by atoms with Crippen molar-refractivity contribution in [2.75, 3.05) is 6.54 Å². The number of guanidine groups is 1. The normalized spacial score (nSPS) is 14.6. The summed E-state index contributed by atoms with van der Waals surface area (Å²) < 4.78 is 0. The predicted molar refractivity (Wildman–Crippen MR) is 125 cm³/mol. The van der Waals surface area contributed by atoms with E-state index >= 15 is 0 Å². The van der Waals surface area contributed by atoms with Crippen LogP contribution in [0.4, 0.5) is 0 Å². The first kappa shape index (κ1) is 27.9. The summed E-state index contributed by atoms with van der Waals surface area (Å²) in [6.07, 6.45) is -0.581. The lowest BCUT2D eigenvalue weighted by molar-refractivity contribution is -0.142. The lowest BCUT2D eigenvalue weighted by atomic mass is 9.99. The standard InChI is InChI=1S/C22H36N6O5/c1-13(2)11-17(19(30)27-16(21(32)33)9-6-10-26-22(24)25)28-20(31)18(29)15(23)12-14-7-4-3-5-8-14/h3-5,7-8,13,15-18,29H,6,9-12,23H2,1-2H3,(H,27,30)(H,28,31)(H,32,33)(H4,24,25,26)/t15?,16-,17+,18?/m1/s1. The summed E-state index contributed by atoms with van der Waals surface area (Å²) in [7, 11) is 0. The van der Waals surface area contributed by atoms with Gasteiger partial charge in [0.05, 0.1) is 0 Å². The Bertz CT molecular complexity index is 798. The third kappa shape index (κ3) is 10.8. The van der Waals surface area contributed by atoms with Crippen LogP contribution in [-0.2, 0) is 20.8 Å². The number of carboxylic acids is 1. The Morgan fingerprint density at radius 3 is 2.18 bits per heavy atom. The van der Waals surface area contributed by atoms with Gasteiger partial charge in [-0.2, -0.15) is 0 Å². The minimum Gasteiger partial charge on any atom is -0.480 e. The average Bonchev–Trinajstić information content (AvgIpc) is 2.74. The summed E-state index contributed by atoms with van der Waals surface area (Å²) in [6.45, 7) is 3.93. The van der Waals surface area contributed by atoms with Crippen LogP contribution in [0.15, 0.2) is 35.3 Å². The molecule has 0 heterocycles. The summed E-state index contributed by atoms with van der Waals surface area (Å²) >= 11 is 0. The number of carbonyl (C=O) groups is 3. The summed E-state index contributed by atoms with van der Waals surface area (Å²) in [5.74, 6) is -2.75. The van der Waals surface area contributed by atoms with E-state index in [-0.39, 0.29) is 37.7 Å². The van der Waals surface area contributed by atoms with Crippen molar-refractivity contribution < 1.29 is 24.6 Å². The molecule has 11 heteroatoms. The summed E-state index contributed by atoms with van der Waals surface area (Å²) in [5.41, 5.74) is 17.3. The molecule has 0 fully saturated rings. The second-order valence-electron chi connectivity index (χ2n) is 8.34. The third-order valence-electron chi connectivity index (χ3n) is 4.89. The summed E-state index contributed by atoms with van der Waals surface area (Å²) in [6, 6.07) is 6.08. The lowest BCUT2D eigenvalue weighted by Crippen LogP contribution is -2.56. The van der Waals surface area contributed by atoms with Crippen molar-refractivity contribution in [3.8, 4) is 0 Å². The molecular formula is C22H36N6O5. The van der Waals surface area contributed by atoms with E-state index in [1.165, 1.54) is 0 Å². The van der Waals surface area contributed by atoms with Crippen molar-refractivity contribution in [2.24, 2.45) is 28.1 Å². The lowest BCUT2D eigenvalue weighted by Gasteiger charge is -2.25. The SMILES string of the molecule is CC(C)C[C@H](NC(=O)C(O)C(N)Cc1ccccc1)C(=O)N[C@H](CCCN=C(N)N)C(=O)O. The molecule has 4 atom stereocenters. The molecule has 0 bridgehead atoms. The number of aliphatic hydroxyl groups is 1. The largest absolute Gasteiger partial charge is 0.480 e. The molecule has 2 unspecified atom stereocenters. The Morgan fingerprint density at radius 2 is 1.64 bits per heavy atom. The fourth-order valence-electron chi connectivity index (χ4n) is 3.19. The number of amides is 2. The Morgan fingerprint density at radius 1 is 1.03 bits per heavy atom. The molecule has 0 aromatic heterocycles. The van der Waals surface area contributed by atoms with Crippen LogP contribution < -0.4 is 27.8 Å². The number of carbonyl (C=O) groups excluding carboxylic acids is 2. The first-order valence-corrected chi connectivity index (χ1v) is 10.9. The Hall–Kier alpha value is -3.18. The maximum Gasteiger partial charge on any atom is 0.326 e. The van der Waals surface area contributed by atoms with Crippen molar-refractivity contribution in [2.45, 2.75) is 63.8 Å². The van der Waals surface area contributed by atoms with Crippen LogP contribution in [0.5, 0.6) is 0 Å². The van der Waals surface area contributed by atoms with Crippen LogP contribution >= 0.6 is 0 Å². The zero-order chi connectivity index (χ0) is 25.0. The van der Waals surface area contributed by atoms with Gasteiger partial charge >= 0.3 is 5.97 Å². The molecule has 0 saturated carbocycles. The van der Waals surface area contributed by atoms with Crippen molar-refractivity contribution in [3.05, 3.63) is 35.9 Å². The molecule has 33 heavy (non-hydrogen) atoms. The molecule has 0 spiro atoms. The number of aliphatic imine (C=N–C) groups is 1. The highest BCUT2D eigenvalue weighted by molar-refractivity contribution is 5.91. The molecule has 0 saturated heterocycles. The quantitative estimate of drug-likeness (QED) is 0.104. The van der Waals surface area contributed by atoms with E-state index < -0.39 is 42.0 Å². The number of aliphatic carboxylic acids is 1. The minimum absolute atomic E-state index is 0.0151. The molecule has 0 aliphatic carbocycles. The fraction of sp³-hybridized carbons (Fsp3) is 0.545. The molecule has 10 N–H and O–H groups in total. The van der Waals surface area contributed by atoms with E-state index in [0.717, 1.165) is 5.56 Å². The van der Waals surface area contributed by atoms with E-state index in [4.69, 9.17) is 17.2 Å². The van der Waals surface area contributed by atoms with Gasteiger partial charge in [0.1, 0.15) is 18.2 Å². The Labute approximate surface area is 193 Å². The molecular weight excluding hydrogens is 428 g/mol. The molecule has 2 amide bonds. The van der Waals surface area contributed by atoms with Gasteiger partial charge in [-0.25, -0.2) is 4.79 Å². The first-order chi connectivity index (χ1) is 15.5. The highest BCUT2D eigenvalue weighted by Gasteiger charge is 2.30. The second-order valence-corrected chi connectivity index (χ2v) is 8.34. The number of nitrogens with two attached hydrogens (primary N) is 3. The van der Waals surface area contributed by atoms with Crippen molar-refractivity contribution in [1.82, 2.24) is 10.6 Å². The van der Waals surface area contributed by atoms with Crippen LogP contribution in [0.2, 0.25) is 0 Å². The second kappa shape index (κ2) is 14.1. The van der Waals surface area contributed by atoms with Crippen LogP contribution in [-0.4, -0.2) is 64.7 Å². The van der Waals surface area contributed by atoms with E-state index in [1.54, 1.807) is 0 Å². The Kier molecular flexibility index (Phi) is 11.9. The van der Waals surface area contributed by atoms with Crippen molar-refractivity contribution in [1.29, 1.82) is 0 Å². The topological polar surface area (TPSA) is 206 Å². The highest BCUT2D eigenvalue weighted by Crippen LogP contribution is 2.09. The van der Waals surface area contributed by atoms with Gasteiger partial charge in [-0.3, -0.25) is 14.6 Å². The summed E-state index contributed by atoms with van der Waals surface area (Å²) in [5, 5.41) is 24.8. The molecule has 1 rings (SSSR count). The first-order valence-electron chi connectivity index (χ1n) is 10.9. The minimum atomic E-state index is -1.54. The van der Waals surface area contributed by atoms with Gasteiger partial charge in [0.2, 0.25) is 5.91 Å². The molecule has 184 valence electrons. The van der Waals surface area contributed by atoms with Gasteiger partial charge < -0.3 is 38.0 Å². The molecule has 0 aliphatic rings. The van der Waals surface area contributed by atoms with Gasteiger partial charge in [-0.05, 0) is 37.2 Å². The fourth-order valence-corrected chi connectivity index (χ4v) is 3.19. The maximum atomic E-state index is 12.8. The number of rotatable bonds is 14. The predicted octanol–water partition coefficient (Wildman–Crippen LogP) is -0.929. The van der Waals surface area contributed by atoms with Crippen LogP contribution in [0.1, 0.15) is 38.7 Å². The smallest absolute Gasteiger partial charge is 0.326 e. The van der Waals surface area contributed by atoms with Crippen LogP contribution in [0.25, 0.3) is 0 Å². The number of nitrogens with zero attached hydrogens (tertiary/aromatic N) is 1. The van der Waals surface area contributed by atoms with Crippen molar-refractivity contribution in [3.63, 3.8) is 0 Å². The number of aliphatic hydroxyl groups excluding tert-OH is 1. The number of nitrogens with one attached hydrogen (secondary N) is 2. The third-order valence-corrected chi connectivity index (χ3v) is 4.89. The van der Waals surface area contributed by atoms with Gasteiger partial charge in [0, 0.05) is 12.6 Å². The highest BCUT2D eigenvalue weighted by atomic mass is 16.4. The van der Waals surface area contributed by atoms with Crippen LogP contribution in [0.3, 0.4) is 0 Å². The molecule has 1 aromatic rings. The van der Waals surface area contributed by atoms with Gasteiger partial charge in [0.15, 0.2) is 5.96 Å². The zero-order valence-electron chi connectivity index (χ0n) is 19.1. The van der Waals surface area contributed by atoms with E-state index in [9.17, 15) is 24.6 Å². The Balaban J connectivity index is 2.77. The van der Waals surface area contributed by atoms with Gasteiger partial charge in [-0.15, -0.1) is 0 Å². The molecule has 1 aromatic carbocycles. The molecule has 11 nitrogen and oxygen atoms in total. The van der Waals surface area contributed by atoms with E-state index in [2.05, 4.69) is 15.6 Å². The molecule has 0 radical (unpaired) electrons. The van der Waals surface area contributed by atoms with E-state index in [1.807, 2.05) is 44.2 Å². The number of hydrogen-bond acceptors (Lipinski definition) is 6.